The van der Waals surface area contributed by atoms with Crippen molar-refractivity contribution in [3.63, 3.8) is 0 Å². The zero-order valence-electron chi connectivity index (χ0n) is 10.9. The molecule has 1 N–H and O–H groups in total. The van der Waals surface area contributed by atoms with Crippen molar-refractivity contribution >= 4 is 0 Å². The molecule has 0 unspecified atom stereocenters. The van der Waals surface area contributed by atoms with E-state index in [9.17, 15) is 4.39 Å². The van der Waals surface area contributed by atoms with Gasteiger partial charge < -0.3 is 14.3 Å². The van der Waals surface area contributed by atoms with Gasteiger partial charge in [0.2, 0.25) is 0 Å². The molecule has 2 rings (SSSR count). The molecule has 0 saturated carbocycles. The van der Waals surface area contributed by atoms with Gasteiger partial charge in [0.1, 0.15) is 18.2 Å². The molecule has 1 aromatic carbocycles. The van der Waals surface area contributed by atoms with E-state index >= 15 is 0 Å². The van der Waals surface area contributed by atoms with E-state index in [2.05, 4.69) is 11.8 Å². The standard InChI is InChI=1S/C16H15FO3/c17-16-7-6-13(10-14(16)4-1-2-8-18)11-19-12-15-5-3-9-20-15/h3,5-7,9-10,18H,2,8,11-12H2. The zero-order chi connectivity index (χ0) is 14.2. The van der Waals surface area contributed by atoms with Gasteiger partial charge in [0.15, 0.2) is 0 Å². The number of hydrogen-bond acceptors (Lipinski definition) is 3. The summed E-state index contributed by atoms with van der Waals surface area (Å²) in [5.41, 5.74) is 1.16. The van der Waals surface area contributed by atoms with Gasteiger partial charge in [-0.05, 0) is 29.8 Å². The Kier molecular flexibility index (Phi) is 5.36. The molecule has 0 spiro atoms. The van der Waals surface area contributed by atoms with Crippen LogP contribution in [0, 0.1) is 17.7 Å². The Bertz CT molecular complexity index is 594. The molecule has 0 bridgehead atoms. The average Bonchev–Trinajstić information content (AvgIpc) is 2.95. The van der Waals surface area contributed by atoms with Gasteiger partial charge in [-0.25, -0.2) is 4.39 Å². The van der Waals surface area contributed by atoms with Gasteiger partial charge >= 0.3 is 0 Å². The van der Waals surface area contributed by atoms with Crippen LogP contribution >= 0.6 is 0 Å². The predicted molar refractivity (Wildman–Crippen MR) is 72.2 cm³/mol. The van der Waals surface area contributed by atoms with Crippen molar-refractivity contribution in [1.29, 1.82) is 0 Å². The van der Waals surface area contributed by atoms with Crippen LogP contribution in [0.25, 0.3) is 0 Å². The molecule has 1 heterocycles. The smallest absolute Gasteiger partial charge is 0.138 e. The Morgan fingerprint density at radius 3 is 2.90 bits per heavy atom. The van der Waals surface area contributed by atoms with Crippen LogP contribution in [-0.2, 0) is 18.0 Å². The van der Waals surface area contributed by atoms with Gasteiger partial charge in [-0.15, -0.1) is 0 Å². The number of furan rings is 1. The summed E-state index contributed by atoms with van der Waals surface area (Å²) in [6, 6.07) is 8.31. The summed E-state index contributed by atoms with van der Waals surface area (Å²) in [6.07, 6.45) is 1.92. The first-order valence-electron chi connectivity index (χ1n) is 6.28. The fraction of sp³-hybridized carbons (Fsp3) is 0.250. The van der Waals surface area contributed by atoms with Crippen LogP contribution in [0.15, 0.2) is 41.0 Å². The molecule has 2 aromatic rings. The van der Waals surface area contributed by atoms with E-state index in [-0.39, 0.29) is 12.4 Å². The van der Waals surface area contributed by atoms with E-state index in [4.69, 9.17) is 14.3 Å². The van der Waals surface area contributed by atoms with Crippen LogP contribution in [0.4, 0.5) is 4.39 Å². The molecule has 0 aliphatic carbocycles. The number of rotatable bonds is 5. The monoisotopic (exact) mass is 274 g/mol. The van der Waals surface area contributed by atoms with E-state index in [1.807, 2.05) is 6.07 Å². The third-order valence-corrected chi connectivity index (χ3v) is 2.58. The Morgan fingerprint density at radius 1 is 1.25 bits per heavy atom. The van der Waals surface area contributed by atoms with Crippen LogP contribution in [0.5, 0.6) is 0 Å². The fourth-order valence-electron chi connectivity index (χ4n) is 1.64. The molecule has 1 aromatic heterocycles. The normalized spacial score (nSPS) is 10.1. The number of aliphatic hydroxyl groups is 1. The molecule has 0 aliphatic heterocycles. The van der Waals surface area contributed by atoms with Crippen molar-refractivity contribution in [1.82, 2.24) is 0 Å². The van der Waals surface area contributed by atoms with Gasteiger partial charge in [0, 0.05) is 6.42 Å². The number of benzene rings is 1. The molecule has 0 atom stereocenters. The SMILES string of the molecule is OCCC#Cc1cc(COCc2ccco2)ccc1F. The minimum absolute atomic E-state index is 0.0272. The first-order valence-corrected chi connectivity index (χ1v) is 6.28. The zero-order valence-corrected chi connectivity index (χ0v) is 10.9. The van der Waals surface area contributed by atoms with Crippen molar-refractivity contribution in [2.45, 2.75) is 19.6 Å². The van der Waals surface area contributed by atoms with Gasteiger partial charge in [-0.2, -0.15) is 0 Å². The molecule has 0 radical (unpaired) electrons. The summed E-state index contributed by atoms with van der Waals surface area (Å²) in [6.45, 7) is 0.701. The summed E-state index contributed by atoms with van der Waals surface area (Å²) in [7, 11) is 0. The third kappa shape index (κ3) is 4.23. The summed E-state index contributed by atoms with van der Waals surface area (Å²) in [5, 5.41) is 8.65. The fourth-order valence-corrected chi connectivity index (χ4v) is 1.64. The second-order valence-electron chi connectivity index (χ2n) is 4.16. The third-order valence-electron chi connectivity index (χ3n) is 2.58. The summed E-state index contributed by atoms with van der Waals surface area (Å²) >= 11 is 0. The minimum atomic E-state index is -0.370. The topological polar surface area (TPSA) is 42.6 Å². The second-order valence-corrected chi connectivity index (χ2v) is 4.16. The predicted octanol–water partition coefficient (Wildman–Crippen LogP) is 2.87. The van der Waals surface area contributed by atoms with Gasteiger partial charge in [-0.1, -0.05) is 17.9 Å². The van der Waals surface area contributed by atoms with Crippen molar-refractivity contribution in [3.05, 3.63) is 59.3 Å². The number of ether oxygens (including phenoxy) is 1. The second kappa shape index (κ2) is 7.49. The molecule has 0 amide bonds. The summed E-state index contributed by atoms with van der Waals surface area (Å²) in [5.74, 6) is 5.78. The van der Waals surface area contributed by atoms with Crippen molar-refractivity contribution in [2.24, 2.45) is 0 Å². The largest absolute Gasteiger partial charge is 0.467 e. The molecule has 20 heavy (non-hydrogen) atoms. The van der Waals surface area contributed by atoms with Crippen molar-refractivity contribution < 1.29 is 18.7 Å². The van der Waals surface area contributed by atoms with Crippen LogP contribution in [0.1, 0.15) is 23.3 Å². The Morgan fingerprint density at radius 2 is 2.15 bits per heavy atom. The maximum absolute atomic E-state index is 13.5. The highest BCUT2D eigenvalue weighted by Gasteiger charge is 2.02. The van der Waals surface area contributed by atoms with E-state index in [1.165, 1.54) is 6.07 Å². The number of hydrogen-bond donors (Lipinski definition) is 1. The quantitative estimate of drug-likeness (QED) is 0.852. The van der Waals surface area contributed by atoms with Crippen molar-refractivity contribution in [3.8, 4) is 11.8 Å². The maximum Gasteiger partial charge on any atom is 0.138 e. The summed E-state index contributed by atoms with van der Waals surface area (Å²) in [4.78, 5) is 0. The lowest BCUT2D eigenvalue weighted by atomic mass is 10.1. The molecule has 0 aliphatic rings. The van der Waals surface area contributed by atoms with Crippen LogP contribution < -0.4 is 0 Å². The highest BCUT2D eigenvalue weighted by atomic mass is 19.1. The van der Waals surface area contributed by atoms with Gasteiger partial charge in [0.05, 0.1) is 25.0 Å². The Balaban J connectivity index is 1.95. The van der Waals surface area contributed by atoms with E-state index < -0.39 is 0 Å². The number of halogens is 1. The lowest BCUT2D eigenvalue weighted by Gasteiger charge is -2.04. The van der Waals surface area contributed by atoms with Crippen LogP contribution in [-0.4, -0.2) is 11.7 Å². The van der Waals surface area contributed by atoms with Crippen molar-refractivity contribution in [2.75, 3.05) is 6.61 Å². The molecule has 0 fully saturated rings. The van der Waals surface area contributed by atoms with E-state index in [0.29, 0.717) is 25.2 Å². The lowest BCUT2D eigenvalue weighted by Crippen LogP contribution is -1.95. The van der Waals surface area contributed by atoms with Gasteiger partial charge in [0.25, 0.3) is 0 Å². The summed E-state index contributed by atoms with van der Waals surface area (Å²) < 4.78 is 24.2. The maximum atomic E-state index is 13.5. The molecular formula is C16H15FO3. The van der Waals surface area contributed by atoms with Gasteiger partial charge in [-0.3, -0.25) is 0 Å². The average molecular weight is 274 g/mol. The van der Waals surface area contributed by atoms with Crippen LogP contribution in [0.2, 0.25) is 0 Å². The first-order chi connectivity index (χ1) is 9.79. The minimum Gasteiger partial charge on any atom is -0.467 e. The molecule has 104 valence electrons. The Labute approximate surface area is 117 Å². The lowest BCUT2D eigenvalue weighted by molar-refractivity contribution is 0.0929. The molecular weight excluding hydrogens is 259 g/mol. The molecule has 3 nitrogen and oxygen atoms in total. The molecule has 4 heteroatoms. The Hall–Kier alpha value is -2.09. The van der Waals surface area contributed by atoms with E-state index in [0.717, 1.165) is 11.3 Å². The number of aliphatic hydroxyl groups excluding tert-OH is 1. The highest BCUT2D eigenvalue weighted by molar-refractivity contribution is 5.38. The highest BCUT2D eigenvalue weighted by Crippen LogP contribution is 2.12. The first kappa shape index (κ1) is 14.3. The molecule has 0 saturated heterocycles. The van der Waals surface area contributed by atoms with E-state index in [1.54, 1.807) is 24.5 Å². The van der Waals surface area contributed by atoms with Crippen LogP contribution in [0.3, 0.4) is 0 Å².